The molecule has 1 aliphatic carbocycles. The summed E-state index contributed by atoms with van der Waals surface area (Å²) in [5, 5.41) is 8.92. The van der Waals surface area contributed by atoms with E-state index in [9.17, 15) is 9.18 Å². The van der Waals surface area contributed by atoms with Gasteiger partial charge in [0.2, 0.25) is 0 Å². The summed E-state index contributed by atoms with van der Waals surface area (Å²) in [6, 6.07) is 1.54. The van der Waals surface area contributed by atoms with E-state index in [2.05, 4.69) is 4.98 Å². The molecule has 0 radical (unpaired) electrons. The largest absolute Gasteiger partial charge is 0.481 e. The van der Waals surface area contributed by atoms with Crippen LogP contribution in [0.25, 0.3) is 0 Å². The third kappa shape index (κ3) is 1.47. The van der Waals surface area contributed by atoms with Crippen molar-refractivity contribution in [2.75, 3.05) is 0 Å². The first-order valence-electron chi connectivity index (χ1n) is 4.46. The first-order valence-corrected chi connectivity index (χ1v) is 4.46. The molecule has 4 heteroatoms. The smallest absolute Gasteiger partial charge is 0.309 e. The van der Waals surface area contributed by atoms with Gasteiger partial charge in [-0.2, -0.15) is 0 Å². The number of nitrogens with zero attached hydrogens (tertiary/aromatic N) is 1. The Labute approximate surface area is 80.6 Å². The molecule has 1 heterocycles. The molecule has 1 aromatic rings. The second-order valence-electron chi connectivity index (χ2n) is 3.73. The number of aromatic nitrogens is 1. The van der Waals surface area contributed by atoms with Crippen molar-refractivity contribution in [3.8, 4) is 0 Å². The molecule has 0 amide bonds. The molecule has 1 saturated carbocycles. The summed E-state index contributed by atoms with van der Waals surface area (Å²) in [5.41, 5.74) is -0.262. The molecule has 1 N–H and O–H groups in total. The van der Waals surface area contributed by atoms with Gasteiger partial charge in [0, 0.05) is 6.20 Å². The van der Waals surface area contributed by atoms with Gasteiger partial charge in [0.25, 0.3) is 0 Å². The van der Waals surface area contributed by atoms with Crippen LogP contribution in [0.5, 0.6) is 0 Å². The summed E-state index contributed by atoms with van der Waals surface area (Å²) in [4.78, 5) is 14.5. The average molecular weight is 195 g/mol. The van der Waals surface area contributed by atoms with E-state index in [1.807, 2.05) is 0 Å². The summed E-state index contributed by atoms with van der Waals surface area (Å²) in [6.45, 7) is 0. The lowest BCUT2D eigenvalue weighted by Crippen LogP contribution is -2.18. The third-order valence-corrected chi connectivity index (χ3v) is 2.69. The number of carbonyl (C=O) groups is 1. The number of halogens is 1. The number of aliphatic carboxylic acids is 1. The summed E-state index contributed by atoms with van der Waals surface area (Å²) >= 11 is 0. The number of hydrogen-bond donors (Lipinski definition) is 1. The van der Waals surface area contributed by atoms with Crippen molar-refractivity contribution in [2.24, 2.45) is 5.41 Å². The predicted octanol–water partition coefficient (Wildman–Crippen LogP) is 1.63. The molecule has 0 bridgehead atoms. The van der Waals surface area contributed by atoms with Crippen LogP contribution in [0, 0.1) is 11.2 Å². The van der Waals surface area contributed by atoms with Gasteiger partial charge in [0.15, 0.2) is 0 Å². The van der Waals surface area contributed by atoms with Crippen LogP contribution in [0.3, 0.4) is 0 Å². The standard InChI is InChI=1S/C10H10FNO2/c11-8-6-12-4-1-7(8)5-10(2-3-10)9(13)14/h1,4,6H,2-3,5H2,(H,13,14). The van der Waals surface area contributed by atoms with Crippen LogP contribution in [0.15, 0.2) is 18.5 Å². The van der Waals surface area contributed by atoms with Gasteiger partial charge >= 0.3 is 5.97 Å². The molecular formula is C10H10FNO2. The second kappa shape index (κ2) is 3.04. The van der Waals surface area contributed by atoms with E-state index in [1.165, 1.54) is 6.20 Å². The highest BCUT2D eigenvalue weighted by molar-refractivity contribution is 5.78. The van der Waals surface area contributed by atoms with Crippen LogP contribution in [0.1, 0.15) is 18.4 Å². The maximum absolute atomic E-state index is 13.2. The average Bonchev–Trinajstić information content (AvgIpc) is 2.90. The molecule has 0 aromatic carbocycles. The highest BCUT2D eigenvalue weighted by Crippen LogP contribution is 2.48. The first kappa shape index (κ1) is 9.12. The van der Waals surface area contributed by atoms with E-state index in [-0.39, 0.29) is 6.42 Å². The lowest BCUT2D eigenvalue weighted by Gasteiger charge is -2.09. The Morgan fingerprint density at radius 2 is 2.36 bits per heavy atom. The Kier molecular flexibility index (Phi) is 1.98. The van der Waals surface area contributed by atoms with Crippen molar-refractivity contribution in [2.45, 2.75) is 19.3 Å². The summed E-state index contributed by atoms with van der Waals surface area (Å²) < 4.78 is 13.2. The Morgan fingerprint density at radius 3 is 2.86 bits per heavy atom. The van der Waals surface area contributed by atoms with E-state index in [0.717, 1.165) is 6.20 Å². The van der Waals surface area contributed by atoms with Gasteiger partial charge in [-0.15, -0.1) is 0 Å². The van der Waals surface area contributed by atoms with Crippen molar-refractivity contribution in [3.63, 3.8) is 0 Å². The molecule has 14 heavy (non-hydrogen) atoms. The molecule has 0 spiro atoms. The summed E-state index contributed by atoms with van der Waals surface area (Å²) in [5.74, 6) is -1.24. The molecule has 1 fully saturated rings. The Morgan fingerprint density at radius 1 is 1.64 bits per heavy atom. The summed E-state index contributed by atoms with van der Waals surface area (Å²) in [6.07, 6.45) is 4.16. The highest BCUT2D eigenvalue weighted by Gasteiger charge is 2.50. The zero-order chi connectivity index (χ0) is 10.2. The van der Waals surface area contributed by atoms with E-state index >= 15 is 0 Å². The normalized spacial score (nSPS) is 17.8. The number of pyridine rings is 1. The van der Waals surface area contributed by atoms with Crippen molar-refractivity contribution in [1.82, 2.24) is 4.98 Å². The fraction of sp³-hybridized carbons (Fsp3) is 0.400. The molecule has 0 saturated heterocycles. The quantitative estimate of drug-likeness (QED) is 0.797. The van der Waals surface area contributed by atoms with Crippen molar-refractivity contribution in [3.05, 3.63) is 29.8 Å². The van der Waals surface area contributed by atoms with Crippen molar-refractivity contribution >= 4 is 5.97 Å². The highest BCUT2D eigenvalue weighted by atomic mass is 19.1. The molecule has 74 valence electrons. The zero-order valence-electron chi connectivity index (χ0n) is 7.53. The third-order valence-electron chi connectivity index (χ3n) is 2.69. The van der Waals surface area contributed by atoms with Crippen molar-refractivity contribution < 1.29 is 14.3 Å². The topological polar surface area (TPSA) is 50.2 Å². The number of carboxylic acid groups (broad SMARTS) is 1. The van der Waals surface area contributed by atoms with Gasteiger partial charge in [-0.3, -0.25) is 9.78 Å². The molecule has 1 aliphatic rings. The lowest BCUT2D eigenvalue weighted by molar-refractivity contribution is -0.143. The van der Waals surface area contributed by atoms with Crippen LogP contribution < -0.4 is 0 Å². The molecule has 2 rings (SSSR count). The fourth-order valence-corrected chi connectivity index (χ4v) is 1.53. The van der Waals surface area contributed by atoms with Gasteiger partial charge in [0.05, 0.1) is 11.6 Å². The minimum Gasteiger partial charge on any atom is -0.481 e. The van der Waals surface area contributed by atoms with Gasteiger partial charge in [-0.25, -0.2) is 4.39 Å². The minimum atomic E-state index is -0.825. The van der Waals surface area contributed by atoms with Crippen LogP contribution in [-0.4, -0.2) is 16.1 Å². The van der Waals surface area contributed by atoms with Crippen LogP contribution in [0.4, 0.5) is 4.39 Å². The maximum Gasteiger partial charge on any atom is 0.309 e. The number of carboxylic acids is 1. The van der Waals surface area contributed by atoms with Gasteiger partial charge in [-0.05, 0) is 30.9 Å². The molecule has 1 aromatic heterocycles. The van der Waals surface area contributed by atoms with Gasteiger partial charge in [-0.1, -0.05) is 0 Å². The van der Waals surface area contributed by atoms with Crippen LogP contribution >= 0.6 is 0 Å². The second-order valence-corrected chi connectivity index (χ2v) is 3.73. The Bertz CT molecular complexity index is 374. The maximum atomic E-state index is 13.2. The fourth-order valence-electron chi connectivity index (χ4n) is 1.53. The number of hydrogen-bond acceptors (Lipinski definition) is 2. The van der Waals surface area contributed by atoms with E-state index in [0.29, 0.717) is 18.4 Å². The van der Waals surface area contributed by atoms with Crippen LogP contribution in [-0.2, 0) is 11.2 Å². The molecule has 0 unspecified atom stereocenters. The lowest BCUT2D eigenvalue weighted by atomic mass is 9.97. The monoisotopic (exact) mass is 195 g/mol. The molecule has 0 atom stereocenters. The first-order chi connectivity index (χ1) is 6.64. The Hall–Kier alpha value is -1.45. The molecule has 0 aliphatic heterocycles. The van der Waals surface area contributed by atoms with Gasteiger partial charge in [0.1, 0.15) is 5.82 Å². The van der Waals surface area contributed by atoms with Gasteiger partial charge < -0.3 is 5.11 Å². The minimum absolute atomic E-state index is 0.274. The number of rotatable bonds is 3. The summed E-state index contributed by atoms with van der Waals surface area (Å²) in [7, 11) is 0. The zero-order valence-corrected chi connectivity index (χ0v) is 7.53. The van der Waals surface area contributed by atoms with Crippen molar-refractivity contribution in [1.29, 1.82) is 0 Å². The van der Waals surface area contributed by atoms with E-state index < -0.39 is 17.2 Å². The predicted molar refractivity (Wildman–Crippen MR) is 47.2 cm³/mol. The molecular weight excluding hydrogens is 185 g/mol. The van der Waals surface area contributed by atoms with E-state index in [4.69, 9.17) is 5.11 Å². The van der Waals surface area contributed by atoms with Crippen LogP contribution in [0.2, 0.25) is 0 Å². The SMILES string of the molecule is O=C(O)C1(Cc2ccncc2F)CC1. The molecule has 3 nitrogen and oxygen atoms in total. The van der Waals surface area contributed by atoms with E-state index in [1.54, 1.807) is 6.07 Å². The Balaban J connectivity index is 2.19.